The summed E-state index contributed by atoms with van der Waals surface area (Å²) in [6.45, 7) is 11.3. The molecule has 1 aromatic rings. The zero-order valence-corrected chi connectivity index (χ0v) is 14.2. The van der Waals surface area contributed by atoms with Crippen molar-refractivity contribution in [1.82, 2.24) is 4.90 Å². The Morgan fingerprint density at radius 3 is 2.27 bits per heavy atom. The summed E-state index contributed by atoms with van der Waals surface area (Å²) in [4.78, 5) is 16.5. The van der Waals surface area contributed by atoms with Crippen molar-refractivity contribution >= 4 is 17.5 Å². The first-order valence-electron chi connectivity index (χ1n) is 7.79. The van der Waals surface area contributed by atoms with Crippen LogP contribution in [0.4, 0.5) is 16.2 Å². The fraction of sp³-hybridized carbons (Fsp3) is 0.588. The normalized spacial score (nSPS) is 22.6. The Labute approximate surface area is 133 Å². The predicted octanol–water partition coefficient (Wildman–Crippen LogP) is 3.10. The Bertz CT molecular complexity index is 522. The van der Waals surface area contributed by atoms with Crippen LogP contribution in [0.5, 0.6) is 0 Å². The quantitative estimate of drug-likeness (QED) is 0.810. The first-order chi connectivity index (χ1) is 10.2. The summed E-state index contributed by atoms with van der Waals surface area (Å²) in [6, 6.07) is 8.21. The summed E-state index contributed by atoms with van der Waals surface area (Å²) in [6.07, 6.45) is -0.233. The van der Waals surface area contributed by atoms with E-state index in [2.05, 4.69) is 18.7 Å². The predicted molar refractivity (Wildman–Crippen MR) is 90.1 cm³/mol. The van der Waals surface area contributed by atoms with Crippen molar-refractivity contribution in [2.24, 2.45) is 0 Å². The molecule has 2 atom stereocenters. The lowest BCUT2D eigenvalue weighted by atomic mass is 10.1. The van der Waals surface area contributed by atoms with Crippen LogP contribution in [0.2, 0.25) is 0 Å². The summed E-state index contributed by atoms with van der Waals surface area (Å²) in [7, 11) is 0. The average molecular weight is 305 g/mol. The molecule has 0 aliphatic carbocycles. The zero-order chi connectivity index (χ0) is 16.5. The van der Waals surface area contributed by atoms with Gasteiger partial charge in [-0.3, -0.25) is 0 Å². The molecule has 0 unspecified atom stereocenters. The lowest BCUT2D eigenvalue weighted by Gasteiger charge is -2.45. The van der Waals surface area contributed by atoms with Crippen molar-refractivity contribution in [2.45, 2.75) is 52.3 Å². The van der Waals surface area contributed by atoms with Gasteiger partial charge in [-0.2, -0.15) is 0 Å². The molecule has 1 amide bonds. The first kappa shape index (κ1) is 16.5. The monoisotopic (exact) mass is 305 g/mol. The Balaban J connectivity index is 2.08. The van der Waals surface area contributed by atoms with Gasteiger partial charge in [0, 0.05) is 36.5 Å². The molecule has 0 aromatic heterocycles. The summed E-state index contributed by atoms with van der Waals surface area (Å²) >= 11 is 0. The number of carbonyl (C=O) groups excluding carboxylic acids is 1. The second-order valence-corrected chi connectivity index (χ2v) is 7.07. The molecule has 0 radical (unpaired) electrons. The van der Waals surface area contributed by atoms with Gasteiger partial charge in [0.05, 0.1) is 0 Å². The largest absolute Gasteiger partial charge is 0.444 e. The van der Waals surface area contributed by atoms with E-state index < -0.39 is 5.60 Å². The van der Waals surface area contributed by atoms with E-state index in [1.165, 1.54) is 0 Å². The van der Waals surface area contributed by atoms with Gasteiger partial charge in [-0.05, 0) is 58.9 Å². The molecular weight excluding hydrogens is 278 g/mol. The molecule has 1 aliphatic heterocycles. The molecule has 2 N–H and O–H groups in total. The SMILES string of the molecule is C[C@@H]1CN(C(=O)OC(C)(C)C)[C@@H](C)CN1c1ccc(N)cc1. The maximum atomic E-state index is 12.3. The highest BCUT2D eigenvalue weighted by molar-refractivity contribution is 5.69. The number of benzene rings is 1. The van der Waals surface area contributed by atoms with Crippen LogP contribution in [-0.4, -0.2) is 41.8 Å². The molecule has 5 nitrogen and oxygen atoms in total. The van der Waals surface area contributed by atoms with Gasteiger partial charge in [0.25, 0.3) is 0 Å². The number of piperazine rings is 1. The summed E-state index contributed by atoms with van der Waals surface area (Å²) in [5, 5.41) is 0. The minimum Gasteiger partial charge on any atom is -0.444 e. The van der Waals surface area contributed by atoms with Crippen molar-refractivity contribution < 1.29 is 9.53 Å². The third kappa shape index (κ3) is 3.84. The minimum atomic E-state index is -0.464. The number of amides is 1. The number of nitrogens with two attached hydrogens (primary N) is 1. The van der Waals surface area contributed by atoms with Crippen LogP contribution >= 0.6 is 0 Å². The van der Waals surface area contributed by atoms with Crippen LogP contribution in [-0.2, 0) is 4.74 Å². The van der Waals surface area contributed by atoms with Crippen LogP contribution in [0.1, 0.15) is 34.6 Å². The van der Waals surface area contributed by atoms with E-state index in [0.29, 0.717) is 6.54 Å². The third-order valence-corrected chi connectivity index (χ3v) is 3.84. The second kappa shape index (κ2) is 6.07. The fourth-order valence-electron chi connectivity index (χ4n) is 2.73. The van der Waals surface area contributed by atoms with Crippen molar-refractivity contribution in [1.29, 1.82) is 0 Å². The molecule has 1 aliphatic rings. The van der Waals surface area contributed by atoms with Crippen molar-refractivity contribution in [2.75, 3.05) is 23.7 Å². The van der Waals surface area contributed by atoms with Gasteiger partial charge < -0.3 is 20.3 Å². The van der Waals surface area contributed by atoms with Gasteiger partial charge >= 0.3 is 6.09 Å². The summed E-state index contributed by atoms with van der Waals surface area (Å²) < 4.78 is 5.50. The lowest BCUT2D eigenvalue weighted by Crippen LogP contribution is -2.59. The molecule has 22 heavy (non-hydrogen) atoms. The van der Waals surface area contributed by atoms with E-state index in [1.54, 1.807) is 0 Å². The molecular formula is C17H27N3O2. The minimum absolute atomic E-state index is 0.101. The molecule has 0 saturated carbocycles. The third-order valence-electron chi connectivity index (χ3n) is 3.84. The Hall–Kier alpha value is -1.91. The standard InChI is InChI=1S/C17H27N3O2/c1-12-11-20(16(21)22-17(3,4)5)13(2)10-19(12)15-8-6-14(18)7-9-15/h6-9,12-13H,10-11,18H2,1-5H3/t12-,13+/m1/s1. The molecule has 2 rings (SSSR count). The van der Waals surface area contributed by atoms with E-state index in [9.17, 15) is 4.79 Å². The van der Waals surface area contributed by atoms with Gasteiger partial charge in [0.15, 0.2) is 0 Å². The van der Waals surface area contributed by atoms with Crippen LogP contribution in [0, 0.1) is 0 Å². The lowest BCUT2D eigenvalue weighted by molar-refractivity contribution is 0.0130. The smallest absolute Gasteiger partial charge is 0.410 e. The Morgan fingerprint density at radius 2 is 1.73 bits per heavy atom. The molecule has 0 spiro atoms. The van der Waals surface area contributed by atoms with Gasteiger partial charge in [0.2, 0.25) is 0 Å². The zero-order valence-electron chi connectivity index (χ0n) is 14.2. The van der Waals surface area contributed by atoms with Crippen molar-refractivity contribution in [3.63, 3.8) is 0 Å². The van der Waals surface area contributed by atoms with Gasteiger partial charge in [-0.1, -0.05) is 0 Å². The molecule has 5 heteroatoms. The first-order valence-corrected chi connectivity index (χ1v) is 7.79. The highest BCUT2D eigenvalue weighted by atomic mass is 16.6. The van der Waals surface area contributed by atoms with E-state index >= 15 is 0 Å². The van der Waals surface area contributed by atoms with Gasteiger partial charge in [-0.15, -0.1) is 0 Å². The maximum Gasteiger partial charge on any atom is 0.410 e. The van der Waals surface area contributed by atoms with Crippen molar-refractivity contribution in [3.8, 4) is 0 Å². The second-order valence-electron chi connectivity index (χ2n) is 7.07. The number of anilines is 2. The molecule has 0 bridgehead atoms. The summed E-state index contributed by atoms with van der Waals surface area (Å²) in [5.41, 5.74) is 7.18. The number of rotatable bonds is 1. The highest BCUT2D eigenvalue weighted by Gasteiger charge is 2.34. The van der Waals surface area contributed by atoms with Gasteiger partial charge in [-0.25, -0.2) is 4.79 Å². The number of hydrogen-bond donors (Lipinski definition) is 1. The van der Waals surface area contributed by atoms with Crippen LogP contribution in [0.3, 0.4) is 0 Å². The molecule has 1 aromatic carbocycles. The number of carbonyl (C=O) groups is 1. The number of nitrogen functional groups attached to an aromatic ring is 1. The van der Waals surface area contributed by atoms with E-state index in [4.69, 9.17) is 10.5 Å². The molecule has 1 heterocycles. The van der Waals surface area contributed by atoms with Crippen LogP contribution in [0.25, 0.3) is 0 Å². The fourth-order valence-corrected chi connectivity index (χ4v) is 2.73. The topological polar surface area (TPSA) is 58.8 Å². The van der Waals surface area contributed by atoms with E-state index in [-0.39, 0.29) is 18.2 Å². The number of nitrogens with zero attached hydrogens (tertiary/aromatic N) is 2. The summed E-state index contributed by atoms with van der Waals surface area (Å²) in [5.74, 6) is 0. The van der Waals surface area contributed by atoms with E-state index in [1.807, 2.05) is 49.9 Å². The Kier molecular flexibility index (Phi) is 4.54. The highest BCUT2D eigenvalue weighted by Crippen LogP contribution is 2.25. The average Bonchev–Trinajstić information content (AvgIpc) is 2.40. The number of hydrogen-bond acceptors (Lipinski definition) is 4. The van der Waals surface area contributed by atoms with Crippen LogP contribution in [0.15, 0.2) is 24.3 Å². The molecule has 1 fully saturated rings. The van der Waals surface area contributed by atoms with Crippen LogP contribution < -0.4 is 10.6 Å². The van der Waals surface area contributed by atoms with Gasteiger partial charge in [0.1, 0.15) is 5.60 Å². The maximum absolute atomic E-state index is 12.3. The number of ether oxygens (including phenoxy) is 1. The van der Waals surface area contributed by atoms with E-state index in [0.717, 1.165) is 17.9 Å². The molecule has 122 valence electrons. The molecule has 1 saturated heterocycles. The van der Waals surface area contributed by atoms with Crippen molar-refractivity contribution in [3.05, 3.63) is 24.3 Å². The Morgan fingerprint density at radius 1 is 1.14 bits per heavy atom.